The highest BCUT2D eigenvalue weighted by Crippen LogP contribution is 2.39. The van der Waals surface area contributed by atoms with Crippen LogP contribution in [0.25, 0.3) is 5.76 Å². The molecule has 2 saturated heterocycles. The normalized spacial score (nSPS) is 20.3. The fraction of sp³-hybridized carbons (Fsp3) is 0.407. The molecule has 1 N–H and O–H groups in total. The van der Waals surface area contributed by atoms with Gasteiger partial charge in [0, 0.05) is 32.6 Å². The van der Waals surface area contributed by atoms with E-state index in [9.17, 15) is 23.1 Å². The molecule has 0 aliphatic carbocycles. The summed E-state index contributed by atoms with van der Waals surface area (Å²) in [6.45, 7) is 4.33. The van der Waals surface area contributed by atoms with Gasteiger partial charge in [-0.1, -0.05) is 30.0 Å². The van der Waals surface area contributed by atoms with Crippen LogP contribution < -0.4 is 14.7 Å². The lowest BCUT2D eigenvalue weighted by molar-refractivity contribution is -0.908. The third kappa shape index (κ3) is 5.60. The minimum absolute atomic E-state index is 0.0248. The number of hydrogen-bond donors (Lipinski definition) is 1. The molecule has 0 bridgehead atoms. The van der Waals surface area contributed by atoms with Crippen molar-refractivity contribution in [1.82, 2.24) is 9.21 Å². The van der Waals surface area contributed by atoms with Crippen LogP contribution in [0.1, 0.15) is 23.6 Å². The highest BCUT2D eigenvalue weighted by atomic mass is 32.2. The van der Waals surface area contributed by atoms with E-state index in [1.165, 1.54) is 48.2 Å². The average Bonchev–Trinajstić information content (AvgIpc) is 3.18. The summed E-state index contributed by atoms with van der Waals surface area (Å²) < 4.78 is 36.6. The van der Waals surface area contributed by atoms with Crippen molar-refractivity contribution in [2.24, 2.45) is 0 Å². The quantitative estimate of drug-likeness (QED) is 0.257. The Labute approximate surface area is 223 Å². The largest absolute Gasteiger partial charge is 0.872 e. The van der Waals surface area contributed by atoms with Crippen molar-refractivity contribution in [2.75, 3.05) is 60.6 Å². The van der Waals surface area contributed by atoms with Crippen LogP contribution in [0.2, 0.25) is 0 Å². The summed E-state index contributed by atoms with van der Waals surface area (Å²) in [5.41, 5.74) is 0.623. The van der Waals surface area contributed by atoms with Gasteiger partial charge in [0.25, 0.3) is 5.91 Å². The summed E-state index contributed by atoms with van der Waals surface area (Å²) in [7, 11) is 0.695. The summed E-state index contributed by atoms with van der Waals surface area (Å²) in [6, 6.07) is 11.5. The minimum atomic E-state index is -3.68. The van der Waals surface area contributed by atoms with Crippen LogP contribution in [-0.2, 0) is 24.3 Å². The molecule has 2 fully saturated rings. The van der Waals surface area contributed by atoms with E-state index >= 15 is 0 Å². The highest BCUT2D eigenvalue weighted by Gasteiger charge is 2.44. The molecule has 2 aromatic carbocycles. The number of rotatable bonds is 9. The number of sulfonamides is 1. The number of nitrogens with one attached hydrogen (secondary N) is 1. The van der Waals surface area contributed by atoms with Gasteiger partial charge in [0.15, 0.2) is 0 Å². The van der Waals surface area contributed by atoms with Crippen molar-refractivity contribution in [3.63, 3.8) is 0 Å². The van der Waals surface area contributed by atoms with Crippen LogP contribution in [0.4, 0.5) is 0 Å². The molecule has 2 aliphatic rings. The van der Waals surface area contributed by atoms with Crippen LogP contribution in [0, 0.1) is 0 Å². The predicted molar refractivity (Wildman–Crippen MR) is 138 cm³/mol. The van der Waals surface area contributed by atoms with Gasteiger partial charge < -0.3 is 24.4 Å². The van der Waals surface area contributed by atoms with Gasteiger partial charge in [-0.2, -0.15) is 0 Å². The molecule has 11 heteroatoms. The number of methoxy groups -OCH3 is 1. The maximum Gasteiger partial charge on any atom is 0.295 e. The van der Waals surface area contributed by atoms with Gasteiger partial charge in [0.05, 0.1) is 37.8 Å². The maximum absolute atomic E-state index is 13.6. The van der Waals surface area contributed by atoms with Gasteiger partial charge in [0.1, 0.15) is 18.8 Å². The summed E-state index contributed by atoms with van der Waals surface area (Å²) in [6.07, 6.45) is 0.666. The molecule has 4 rings (SSSR count). The van der Waals surface area contributed by atoms with Crippen LogP contribution in [0.5, 0.6) is 5.75 Å². The molecule has 0 spiro atoms. The molecular weight excluding hydrogens is 510 g/mol. The van der Waals surface area contributed by atoms with Gasteiger partial charge in [-0.05, 0) is 35.4 Å². The Kier molecular flexibility index (Phi) is 8.51. The van der Waals surface area contributed by atoms with Gasteiger partial charge in [0.2, 0.25) is 15.8 Å². The number of morpholine rings is 1. The molecule has 0 aromatic heterocycles. The number of ketones is 1. The molecule has 10 nitrogen and oxygen atoms in total. The lowest BCUT2D eigenvalue weighted by atomic mass is 9.95. The zero-order valence-corrected chi connectivity index (χ0v) is 22.6. The topological polar surface area (TPSA) is 121 Å². The molecule has 38 heavy (non-hydrogen) atoms. The molecule has 0 saturated carbocycles. The monoisotopic (exact) mass is 543 g/mol. The molecule has 2 aromatic rings. The molecule has 2 heterocycles. The Hall–Kier alpha value is -3.25. The Morgan fingerprint density at radius 3 is 2.29 bits per heavy atom. The number of amides is 1. The first kappa shape index (κ1) is 27.8. The number of ether oxygens (including phenoxy) is 2. The number of nitrogens with zero attached hydrogens (tertiary/aromatic N) is 2. The van der Waals surface area contributed by atoms with E-state index in [2.05, 4.69) is 0 Å². The van der Waals surface area contributed by atoms with Crippen molar-refractivity contribution in [3.8, 4) is 5.75 Å². The van der Waals surface area contributed by atoms with E-state index in [4.69, 9.17) is 9.47 Å². The van der Waals surface area contributed by atoms with Crippen LogP contribution in [0.15, 0.2) is 59.0 Å². The number of hydrogen-bond acceptors (Lipinski definition) is 7. The van der Waals surface area contributed by atoms with Gasteiger partial charge >= 0.3 is 0 Å². The van der Waals surface area contributed by atoms with E-state index in [-0.39, 0.29) is 16.0 Å². The number of quaternary nitrogens is 1. The molecule has 1 unspecified atom stereocenters. The van der Waals surface area contributed by atoms with Gasteiger partial charge in [-0.15, -0.1) is 0 Å². The van der Waals surface area contributed by atoms with Crippen LogP contribution in [-0.4, -0.2) is 89.9 Å². The zero-order valence-electron chi connectivity index (χ0n) is 21.8. The number of likely N-dealkylation sites (tertiary alicyclic amines) is 1. The smallest absolute Gasteiger partial charge is 0.295 e. The first-order valence-corrected chi connectivity index (χ1v) is 13.9. The fourth-order valence-electron chi connectivity index (χ4n) is 4.79. The SMILES string of the molecule is COc1ccc(C2C(=C([O-])c3ccc(S(=O)(=O)N(C)C)cc3)C(=O)C(=O)N2CCC[NH+]2CCOCC2)cc1. The number of carbonyl (C=O) groups is 2. The molecule has 0 radical (unpaired) electrons. The van der Waals surface area contributed by atoms with Crippen LogP contribution >= 0.6 is 0 Å². The Balaban J connectivity index is 1.68. The fourth-order valence-corrected chi connectivity index (χ4v) is 5.69. The molecule has 1 amide bonds. The predicted octanol–water partition coefficient (Wildman–Crippen LogP) is -0.525. The Bertz CT molecular complexity index is 1300. The van der Waals surface area contributed by atoms with E-state index in [1.54, 1.807) is 31.4 Å². The second-order valence-corrected chi connectivity index (χ2v) is 11.7. The summed E-state index contributed by atoms with van der Waals surface area (Å²) in [5.74, 6) is -1.53. The number of benzene rings is 2. The van der Waals surface area contributed by atoms with E-state index in [1.807, 2.05) is 0 Å². The molecule has 204 valence electrons. The third-order valence-electron chi connectivity index (χ3n) is 6.99. The summed E-state index contributed by atoms with van der Waals surface area (Å²) in [5, 5.41) is 13.6. The van der Waals surface area contributed by atoms with E-state index in [0.717, 1.165) is 23.9 Å². The van der Waals surface area contributed by atoms with Crippen LogP contribution in [0.3, 0.4) is 0 Å². The first-order valence-electron chi connectivity index (χ1n) is 12.5. The molecule has 1 atom stereocenters. The Morgan fingerprint density at radius 2 is 1.71 bits per heavy atom. The van der Waals surface area contributed by atoms with Crippen molar-refractivity contribution in [2.45, 2.75) is 17.4 Å². The average molecular weight is 544 g/mol. The van der Waals surface area contributed by atoms with Crippen molar-refractivity contribution < 1.29 is 37.5 Å². The lowest BCUT2D eigenvalue weighted by Crippen LogP contribution is -3.14. The molecular formula is C27H33N3O7S. The van der Waals surface area contributed by atoms with Crippen molar-refractivity contribution in [3.05, 3.63) is 65.2 Å². The second kappa shape index (κ2) is 11.6. The lowest BCUT2D eigenvalue weighted by Gasteiger charge is -2.29. The first-order chi connectivity index (χ1) is 18.1. The van der Waals surface area contributed by atoms with Crippen molar-refractivity contribution in [1.29, 1.82) is 0 Å². The number of Topliss-reactive ketones (excluding diaryl/α,β-unsaturated/α-hetero) is 1. The van der Waals surface area contributed by atoms with E-state index < -0.39 is 33.5 Å². The van der Waals surface area contributed by atoms with Crippen molar-refractivity contribution >= 4 is 27.5 Å². The maximum atomic E-state index is 13.6. The molecule has 2 aliphatic heterocycles. The van der Waals surface area contributed by atoms with E-state index in [0.29, 0.717) is 37.5 Å². The summed E-state index contributed by atoms with van der Waals surface area (Å²) >= 11 is 0. The Morgan fingerprint density at radius 1 is 1.08 bits per heavy atom. The van der Waals surface area contributed by atoms with Gasteiger partial charge in [-0.3, -0.25) is 9.59 Å². The highest BCUT2D eigenvalue weighted by molar-refractivity contribution is 7.89. The second-order valence-electron chi connectivity index (χ2n) is 9.52. The summed E-state index contributed by atoms with van der Waals surface area (Å²) in [4.78, 5) is 29.3. The third-order valence-corrected chi connectivity index (χ3v) is 8.81. The minimum Gasteiger partial charge on any atom is -0.872 e. The standard InChI is InChI=1S/C27H33N3O7S/c1-28(2)38(34,35)22-11-7-20(8-12-22)25(31)23-24(19-5-9-21(36-3)10-6-19)30(27(33)26(23)32)14-4-13-29-15-17-37-18-16-29/h5-12,24,31H,4,13-18H2,1-3H3. The number of carbonyl (C=O) groups excluding carboxylic acids is 2. The zero-order chi connectivity index (χ0) is 27.4. The van der Waals surface area contributed by atoms with Gasteiger partial charge in [-0.25, -0.2) is 12.7 Å².